The van der Waals surface area contributed by atoms with Crippen molar-refractivity contribution >= 4 is 0 Å². The first-order valence-corrected chi connectivity index (χ1v) is 8.25. The van der Waals surface area contributed by atoms with Crippen LogP contribution in [0, 0.1) is 6.92 Å². The van der Waals surface area contributed by atoms with Gasteiger partial charge < -0.3 is 15.3 Å². The van der Waals surface area contributed by atoms with Crippen molar-refractivity contribution in [2.45, 2.75) is 51.7 Å². The van der Waals surface area contributed by atoms with Gasteiger partial charge in [0.1, 0.15) is 0 Å². The second-order valence-corrected chi connectivity index (χ2v) is 6.59. The van der Waals surface area contributed by atoms with Crippen LogP contribution in [-0.4, -0.2) is 41.8 Å². The van der Waals surface area contributed by atoms with E-state index in [0.717, 1.165) is 45.4 Å². The number of hydrogen-bond acceptors (Lipinski definition) is 3. The third-order valence-electron chi connectivity index (χ3n) is 4.68. The Labute approximate surface area is 129 Å². The normalized spacial score (nSPS) is 20.4. The molecule has 0 aliphatic carbocycles. The number of nitrogens with zero attached hydrogens (tertiary/aromatic N) is 1. The molecule has 3 nitrogen and oxygen atoms in total. The summed E-state index contributed by atoms with van der Waals surface area (Å²) < 4.78 is 0. The lowest BCUT2D eigenvalue weighted by molar-refractivity contribution is -0.00596. The first-order valence-electron chi connectivity index (χ1n) is 8.25. The van der Waals surface area contributed by atoms with Crippen LogP contribution < -0.4 is 5.32 Å². The maximum atomic E-state index is 10.0. The quantitative estimate of drug-likeness (QED) is 0.845. The molecule has 0 saturated carbocycles. The largest absolute Gasteiger partial charge is 0.390 e. The highest BCUT2D eigenvalue weighted by Gasteiger charge is 2.27. The molecule has 1 aromatic rings. The van der Waals surface area contributed by atoms with Crippen molar-refractivity contribution in [3.05, 3.63) is 35.4 Å². The summed E-state index contributed by atoms with van der Waals surface area (Å²) in [5.74, 6) is 0. The fraction of sp³-hybridized carbons (Fsp3) is 0.667. The fourth-order valence-corrected chi connectivity index (χ4v) is 3.16. The van der Waals surface area contributed by atoms with Gasteiger partial charge in [0.15, 0.2) is 0 Å². The Balaban J connectivity index is 1.91. The lowest BCUT2D eigenvalue weighted by atomic mass is 9.93. The molecule has 0 radical (unpaired) electrons. The van der Waals surface area contributed by atoms with Gasteiger partial charge in [0, 0.05) is 19.1 Å². The number of aliphatic hydroxyl groups is 1. The Bertz CT molecular complexity index is 435. The summed E-state index contributed by atoms with van der Waals surface area (Å²) >= 11 is 0. The Kier molecular flexibility index (Phi) is 5.80. The minimum Gasteiger partial charge on any atom is -0.390 e. The molecule has 1 unspecified atom stereocenters. The van der Waals surface area contributed by atoms with Gasteiger partial charge >= 0.3 is 0 Å². The topological polar surface area (TPSA) is 35.5 Å². The zero-order valence-electron chi connectivity index (χ0n) is 13.7. The molecule has 118 valence electrons. The number of nitrogens with one attached hydrogen (secondary N) is 1. The van der Waals surface area contributed by atoms with Crippen LogP contribution in [0.5, 0.6) is 0 Å². The average molecular weight is 290 g/mol. The van der Waals surface area contributed by atoms with Gasteiger partial charge in [-0.15, -0.1) is 0 Å². The fourth-order valence-electron chi connectivity index (χ4n) is 3.16. The van der Waals surface area contributed by atoms with E-state index in [-0.39, 0.29) is 0 Å². The molecular formula is C18H30N2O. The Hall–Kier alpha value is -0.900. The highest BCUT2D eigenvalue weighted by Crippen LogP contribution is 2.24. The van der Waals surface area contributed by atoms with Crippen molar-refractivity contribution in [2.24, 2.45) is 0 Å². The first kappa shape index (κ1) is 16.5. The van der Waals surface area contributed by atoms with Crippen molar-refractivity contribution in [3.63, 3.8) is 0 Å². The van der Waals surface area contributed by atoms with Crippen molar-refractivity contribution in [2.75, 3.05) is 26.2 Å². The molecule has 2 N–H and O–H groups in total. The van der Waals surface area contributed by atoms with E-state index in [1.807, 2.05) is 6.92 Å². The van der Waals surface area contributed by atoms with Crippen LogP contribution in [0.15, 0.2) is 24.3 Å². The third-order valence-corrected chi connectivity index (χ3v) is 4.68. The second kappa shape index (κ2) is 7.39. The highest BCUT2D eigenvalue weighted by atomic mass is 16.3. The van der Waals surface area contributed by atoms with Crippen LogP contribution >= 0.6 is 0 Å². The summed E-state index contributed by atoms with van der Waals surface area (Å²) in [6.07, 6.45) is 2.91. The van der Waals surface area contributed by atoms with E-state index in [2.05, 4.69) is 48.3 Å². The molecular weight excluding hydrogens is 260 g/mol. The average Bonchev–Trinajstić information content (AvgIpc) is 2.45. The van der Waals surface area contributed by atoms with E-state index >= 15 is 0 Å². The summed E-state index contributed by atoms with van der Waals surface area (Å²) in [6.45, 7) is 10.4. The lowest BCUT2D eigenvalue weighted by Gasteiger charge is -2.36. The zero-order valence-corrected chi connectivity index (χ0v) is 13.7. The molecule has 3 heteroatoms. The molecule has 1 fully saturated rings. The van der Waals surface area contributed by atoms with Gasteiger partial charge in [0.2, 0.25) is 0 Å². The lowest BCUT2D eigenvalue weighted by Crippen LogP contribution is -2.43. The number of benzene rings is 1. The summed E-state index contributed by atoms with van der Waals surface area (Å²) in [5, 5.41) is 13.6. The van der Waals surface area contributed by atoms with Gasteiger partial charge in [0.25, 0.3) is 0 Å². The van der Waals surface area contributed by atoms with Crippen LogP contribution in [0.3, 0.4) is 0 Å². The number of hydrogen-bond donors (Lipinski definition) is 2. The van der Waals surface area contributed by atoms with Crippen molar-refractivity contribution < 1.29 is 5.11 Å². The van der Waals surface area contributed by atoms with Crippen LogP contribution in [0.1, 0.15) is 50.3 Å². The number of likely N-dealkylation sites (tertiary alicyclic amines) is 1. The summed E-state index contributed by atoms with van der Waals surface area (Å²) in [6, 6.07) is 9.10. The van der Waals surface area contributed by atoms with Gasteiger partial charge in [-0.1, -0.05) is 31.2 Å². The van der Waals surface area contributed by atoms with Crippen LogP contribution in [-0.2, 0) is 0 Å². The predicted molar refractivity (Wildman–Crippen MR) is 88.5 cm³/mol. The number of rotatable bonds is 6. The molecule has 1 aliphatic heterocycles. The van der Waals surface area contributed by atoms with Gasteiger partial charge in [-0.05, 0) is 57.3 Å². The number of piperidine rings is 1. The highest BCUT2D eigenvalue weighted by molar-refractivity contribution is 5.28. The van der Waals surface area contributed by atoms with Crippen LogP contribution in [0.4, 0.5) is 0 Å². The summed E-state index contributed by atoms with van der Waals surface area (Å²) in [7, 11) is 0. The van der Waals surface area contributed by atoms with Crippen LogP contribution in [0.2, 0.25) is 0 Å². The predicted octanol–water partition coefficient (Wildman–Crippen LogP) is 2.88. The van der Waals surface area contributed by atoms with Crippen molar-refractivity contribution in [1.82, 2.24) is 10.2 Å². The maximum absolute atomic E-state index is 10.0. The van der Waals surface area contributed by atoms with E-state index < -0.39 is 5.60 Å². The third kappa shape index (κ3) is 4.80. The van der Waals surface area contributed by atoms with Gasteiger partial charge in [0.05, 0.1) is 5.60 Å². The molecule has 21 heavy (non-hydrogen) atoms. The molecule has 0 spiro atoms. The molecule has 1 aliphatic rings. The maximum Gasteiger partial charge on any atom is 0.0644 e. The van der Waals surface area contributed by atoms with Gasteiger partial charge in [-0.2, -0.15) is 0 Å². The van der Waals surface area contributed by atoms with Gasteiger partial charge in [-0.3, -0.25) is 0 Å². The minimum atomic E-state index is -0.451. The van der Waals surface area contributed by atoms with E-state index in [1.165, 1.54) is 11.1 Å². The molecule has 1 saturated heterocycles. The standard InChI is InChI=1S/C18H30N2O/c1-4-19-17(16-8-6-5-7-15(16)2)9-12-20-13-10-18(3,21)11-14-20/h5-8,17,19,21H,4,9-14H2,1-3H3. The number of aryl methyl sites for hydroxylation is 1. The monoisotopic (exact) mass is 290 g/mol. The smallest absolute Gasteiger partial charge is 0.0644 e. The summed E-state index contributed by atoms with van der Waals surface area (Å²) in [5.41, 5.74) is 2.33. The molecule has 1 aromatic carbocycles. The molecule has 0 aromatic heterocycles. The minimum absolute atomic E-state index is 0.429. The Morgan fingerprint density at radius 3 is 2.57 bits per heavy atom. The van der Waals surface area contributed by atoms with Crippen molar-refractivity contribution in [3.8, 4) is 0 Å². The molecule has 2 rings (SSSR count). The molecule has 0 bridgehead atoms. The SMILES string of the molecule is CCNC(CCN1CCC(C)(O)CC1)c1ccccc1C. The van der Waals surface area contributed by atoms with Gasteiger partial charge in [-0.25, -0.2) is 0 Å². The van der Waals surface area contributed by atoms with E-state index in [1.54, 1.807) is 0 Å². The summed E-state index contributed by atoms with van der Waals surface area (Å²) in [4.78, 5) is 2.49. The molecule has 1 heterocycles. The van der Waals surface area contributed by atoms with E-state index in [9.17, 15) is 5.11 Å². The van der Waals surface area contributed by atoms with Crippen LogP contribution in [0.25, 0.3) is 0 Å². The Morgan fingerprint density at radius 1 is 1.29 bits per heavy atom. The Morgan fingerprint density at radius 2 is 1.95 bits per heavy atom. The molecule has 1 atom stereocenters. The first-order chi connectivity index (χ1) is 10.0. The van der Waals surface area contributed by atoms with E-state index in [4.69, 9.17) is 0 Å². The second-order valence-electron chi connectivity index (χ2n) is 6.59. The zero-order chi connectivity index (χ0) is 15.3. The van der Waals surface area contributed by atoms with E-state index in [0.29, 0.717) is 6.04 Å². The van der Waals surface area contributed by atoms with Crippen molar-refractivity contribution in [1.29, 1.82) is 0 Å². The molecule has 0 amide bonds.